The van der Waals surface area contributed by atoms with Crippen LogP contribution in [0.1, 0.15) is 18.9 Å². The predicted octanol–water partition coefficient (Wildman–Crippen LogP) is 1.98. The Hall–Kier alpha value is -1.13. The zero-order chi connectivity index (χ0) is 12.4. The van der Waals surface area contributed by atoms with Crippen molar-refractivity contribution < 1.29 is 4.79 Å². The molecule has 1 aliphatic rings. The Kier molecular flexibility index (Phi) is 3.64. The third kappa shape index (κ3) is 2.76. The van der Waals surface area contributed by atoms with Gasteiger partial charge in [-0.1, -0.05) is 11.6 Å². The number of amides is 1. The molecule has 5 heteroatoms. The van der Waals surface area contributed by atoms with E-state index in [0.717, 1.165) is 18.5 Å². The Morgan fingerprint density at radius 1 is 1.65 bits per heavy atom. The lowest BCUT2D eigenvalue weighted by atomic mass is 10.0. The third-order valence-corrected chi connectivity index (χ3v) is 3.40. The Morgan fingerprint density at radius 2 is 2.41 bits per heavy atom. The van der Waals surface area contributed by atoms with Gasteiger partial charge in [0.05, 0.1) is 11.6 Å². The Labute approximate surface area is 106 Å². The summed E-state index contributed by atoms with van der Waals surface area (Å²) in [5, 5.41) is 6.44. The lowest BCUT2D eigenvalue weighted by Crippen LogP contribution is -2.32. The van der Waals surface area contributed by atoms with Crippen molar-refractivity contribution in [2.45, 2.75) is 26.3 Å². The quantitative estimate of drug-likeness (QED) is 0.793. The topological polar surface area (TPSA) is 54.0 Å². The van der Waals surface area contributed by atoms with E-state index in [1.165, 1.54) is 0 Å². The molecule has 1 fully saturated rings. The highest BCUT2D eigenvalue weighted by Crippen LogP contribution is 2.23. The molecule has 17 heavy (non-hydrogen) atoms. The van der Waals surface area contributed by atoms with Gasteiger partial charge in [0.2, 0.25) is 5.91 Å². The van der Waals surface area contributed by atoms with Gasteiger partial charge in [0.25, 0.3) is 0 Å². The van der Waals surface area contributed by atoms with E-state index < -0.39 is 0 Å². The first-order chi connectivity index (χ1) is 8.08. The van der Waals surface area contributed by atoms with Crippen LogP contribution in [0.25, 0.3) is 0 Å². The second-order valence-electron chi connectivity index (χ2n) is 4.48. The fraction of sp³-hybridized carbons (Fsp3) is 0.500. The maximum absolute atomic E-state index is 12.1. The summed E-state index contributed by atoms with van der Waals surface area (Å²) >= 11 is 5.94. The van der Waals surface area contributed by atoms with Crippen molar-refractivity contribution >= 4 is 23.2 Å². The van der Waals surface area contributed by atoms with E-state index >= 15 is 0 Å². The van der Waals surface area contributed by atoms with Crippen molar-refractivity contribution in [1.29, 1.82) is 0 Å². The van der Waals surface area contributed by atoms with Crippen LogP contribution in [-0.2, 0) is 4.79 Å². The summed E-state index contributed by atoms with van der Waals surface area (Å²) in [6.07, 6.45) is 2.54. The zero-order valence-electron chi connectivity index (χ0n) is 9.96. The summed E-state index contributed by atoms with van der Waals surface area (Å²) in [6, 6.07) is 2.05. The Balaban J connectivity index is 2.10. The van der Waals surface area contributed by atoms with Crippen LogP contribution in [0.15, 0.2) is 12.3 Å². The largest absolute Gasteiger partial charge is 0.323 e. The minimum absolute atomic E-state index is 0.00609. The van der Waals surface area contributed by atoms with Gasteiger partial charge in [-0.15, -0.1) is 0 Å². The highest BCUT2D eigenvalue weighted by Gasteiger charge is 2.29. The van der Waals surface area contributed by atoms with Crippen LogP contribution in [0.2, 0.25) is 5.15 Å². The summed E-state index contributed by atoms with van der Waals surface area (Å²) in [5.41, 5.74) is 1.57. The lowest BCUT2D eigenvalue weighted by molar-refractivity contribution is -0.120. The minimum Gasteiger partial charge on any atom is -0.323 e. The second kappa shape index (κ2) is 5.02. The van der Waals surface area contributed by atoms with E-state index in [2.05, 4.69) is 15.6 Å². The van der Waals surface area contributed by atoms with Crippen molar-refractivity contribution in [2.24, 2.45) is 5.92 Å². The van der Waals surface area contributed by atoms with E-state index in [0.29, 0.717) is 10.8 Å². The van der Waals surface area contributed by atoms with Crippen LogP contribution in [0.3, 0.4) is 0 Å². The Bertz CT molecular complexity index is 436. The summed E-state index contributed by atoms with van der Waals surface area (Å²) < 4.78 is 0. The molecule has 0 spiro atoms. The molecule has 92 valence electrons. The van der Waals surface area contributed by atoms with Gasteiger partial charge in [0, 0.05) is 12.2 Å². The summed E-state index contributed by atoms with van der Waals surface area (Å²) in [7, 11) is 0. The lowest BCUT2D eigenvalue weighted by Gasteiger charge is -2.15. The first-order valence-electron chi connectivity index (χ1n) is 5.74. The molecule has 2 heterocycles. The fourth-order valence-corrected chi connectivity index (χ4v) is 2.23. The number of rotatable bonds is 2. The molecule has 0 aliphatic carbocycles. The zero-order valence-corrected chi connectivity index (χ0v) is 10.7. The van der Waals surface area contributed by atoms with Gasteiger partial charge in [0.1, 0.15) is 0 Å². The van der Waals surface area contributed by atoms with Crippen molar-refractivity contribution in [3.63, 3.8) is 0 Å². The summed E-state index contributed by atoms with van der Waals surface area (Å²) in [6.45, 7) is 4.82. The highest BCUT2D eigenvalue weighted by atomic mass is 35.5. The number of halogens is 1. The van der Waals surface area contributed by atoms with Crippen molar-refractivity contribution in [2.75, 3.05) is 11.9 Å². The first-order valence-corrected chi connectivity index (χ1v) is 6.12. The van der Waals surface area contributed by atoms with Crippen LogP contribution >= 0.6 is 11.6 Å². The number of carbonyl (C=O) groups excluding carboxylic acids is 1. The molecule has 2 unspecified atom stereocenters. The van der Waals surface area contributed by atoms with E-state index in [9.17, 15) is 4.79 Å². The number of aryl methyl sites for hydroxylation is 1. The molecular formula is C12H16ClN3O. The van der Waals surface area contributed by atoms with Gasteiger partial charge in [-0.25, -0.2) is 4.98 Å². The molecule has 1 aromatic heterocycles. The van der Waals surface area contributed by atoms with Crippen molar-refractivity contribution in [3.8, 4) is 0 Å². The fourth-order valence-electron chi connectivity index (χ4n) is 2.08. The predicted molar refractivity (Wildman–Crippen MR) is 68.2 cm³/mol. The van der Waals surface area contributed by atoms with Gasteiger partial charge in [-0.3, -0.25) is 4.79 Å². The van der Waals surface area contributed by atoms with Gasteiger partial charge in [-0.05, 0) is 38.4 Å². The molecule has 0 bridgehead atoms. The molecule has 4 nitrogen and oxygen atoms in total. The number of pyridine rings is 1. The molecule has 2 rings (SSSR count). The molecule has 1 amide bonds. The number of aromatic nitrogens is 1. The minimum atomic E-state index is 0.00609. The highest BCUT2D eigenvalue weighted by molar-refractivity contribution is 6.32. The first kappa shape index (κ1) is 12.3. The number of hydrogen-bond donors (Lipinski definition) is 2. The number of anilines is 1. The summed E-state index contributed by atoms with van der Waals surface area (Å²) in [4.78, 5) is 16.1. The molecule has 1 aromatic rings. The number of nitrogens with one attached hydrogen (secondary N) is 2. The number of hydrogen-bond acceptors (Lipinski definition) is 3. The van der Waals surface area contributed by atoms with E-state index in [-0.39, 0.29) is 17.9 Å². The molecular weight excluding hydrogens is 238 g/mol. The number of carbonyl (C=O) groups is 1. The number of nitrogens with zero attached hydrogens (tertiary/aromatic N) is 1. The van der Waals surface area contributed by atoms with Crippen LogP contribution in [0.5, 0.6) is 0 Å². The second-order valence-corrected chi connectivity index (χ2v) is 4.84. The maximum Gasteiger partial charge on any atom is 0.229 e. The normalized spacial score (nSPS) is 23.7. The molecule has 1 saturated heterocycles. The maximum atomic E-state index is 12.1. The van der Waals surface area contributed by atoms with Crippen molar-refractivity contribution in [3.05, 3.63) is 23.0 Å². The standard InChI is InChI=1S/C12H16ClN3O/c1-7-5-10(11(13)15-6-7)16-12(17)9-3-4-14-8(9)2/h5-6,8-9,14H,3-4H2,1-2H3,(H,16,17). The Morgan fingerprint density at radius 3 is 3.06 bits per heavy atom. The SMILES string of the molecule is Cc1cnc(Cl)c(NC(=O)C2CCNC2C)c1. The molecule has 0 saturated carbocycles. The average molecular weight is 254 g/mol. The van der Waals surface area contributed by atoms with E-state index in [1.54, 1.807) is 6.20 Å². The molecule has 2 N–H and O–H groups in total. The monoisotopic (exact) mass is 253 g/mol. The van der Waals surface area contributed by atoms with Crippen LogP contribution in [0, 0.1) is 12.8 Å². The average Bonchev–Trinajstić information content (AvgIpc) is 2.70. The van der Waals surface area contributed by atoms with Gasteiger partial charge in [0.15, 0.2) is 5.15 Å². The third-order valence-electron chi connectivity index (χ3n) is 3.10. The van der Waals surface area contributed by atoms with Crippen LogP contribution in [0.4, 0.5) is 5.69 Å². The van der Waals surface area contributed by atoms with E-state index in [4.69, 9.17) is 11.6 Å². The van der Waals surface area contributed by atoms with Gasteiger partial charge in [-0.2, -0.15) is 0 Å². The van der Waals surface area contributed by atoms with Crippen LogP contribution < -0.4 is 10.6 Å². The van der Waals surface area contributed by atoms with Gasteiger partial charge < -0.3 is 10.6 Å². The van der Waals surface area contributed by atoms with Crippen LogP contribution in [-0.4, -0.2) is 23.5 Å². The molecule has 2 atom stereocenters. The molecule has 1 aliphatic heterocycles. The van der Waals surface area contributed by atoms with Gasteiger partial charge >= 0.3 is 0 Å². The molecule has 0 aromatic carbocycles. The smallest absolute Gasteiger partial charge is 0.229 e. The van der Waals surface area contributed by atoms with Crippen molar-refractivity contribution in [1.82, 2.24) is 10.3 Å². The summed E-state index contributed by atoms with van der Waals surface area (Å²) in [5.74, 6) is 0.0170. The molecule has 0 radical (unpaired) electrons. The van der Waals surface area contributed by atoms with E-state index in [1.807, 2.05) is 19.9 Å².